The third-order valence-corrected chi connectivity index (χ3v) is 9.80. The first-order valence-corrected chi connectivity index (χ1v) is 13.3. The molecule has 0 heterocycles. The van der Waals surface area contributed by atoms with Gasteiger partial charge in [-0.15, -0.1) is 0 Å². The Bertz CT molecular complexity index is 920. The third kappa shape index (κ3) is 5.07. The van der Waals surface area contributed by atoms with Crippen molar-refractivity contribution < 1.29 is 13.9 Å². The van der Waals surface area contributed by atoms with Crippen molar-refractivity contribution in [3.8, 4) is 17.2 Å². The lowest BCUT2D eigenvalue weighted by Crippen LogP contribution is -2.47. The highest BCUT2D eigenvalue weighted by atomic mass is 28.3. The molecule has 0 spiro atoms. The number of ether oxygens (including phenoxy) is 2. The van der Waals surface area contributed by atoms with Gasteiger partial charge in [-0.2, -0.15) is 0 Å². The summed E-state index contributed by atoms with van der Waals surface area (Å²) in [6, 6.07) is 23.0. The summed E-state index contributed by atoms with van der Waals surface area (Å²) in [5.41, 5.74) is 1.75. The van der Waals surface area contributed by atoms with E-state index in [0.29, 0.717) is 17.9 Å². The summed E-state index contributed by atoms with van der Waals surface area (Å²) in [7, 11) is -1.78. The van der Waals surface area contributed by atoms with Crippen LogP contribution in [0.1, 0.15) is 31.4 Å². The Morgan fingerprint density at radius 2 is 1.48 bits per heavy atom. The Kier molecular flexibility index (Phi) is 6.75. The summed E-state index contributed by atoms with van der Waals surface area (Å²) in [6.07, 6.45) is 1.06. The Labute approximate surface area is 174 Å². The quantitative estimate of drug-likeness (QED) is 0.388. The topological polar surface area (TPSA) is 18.5 Å². The second kappa shape index (κ2) is 9.27. The van der Waals surface area contributed by atoms with Crippen LogP contribution in [-0.4, -0.2) is 14.7 Å². The zero-order valence-corrected chi connectivity index (χ0v) is 18.6. The molecule has 1 atom stereocenters. The zero-order valence-electron chi connectivity index (χ0n) is 17.6. The predicted molar refractivity (Wildman–Crippen MR) is 121 cm³/mol. The lowest BCUT2D eigenvalue weighted by molar-refractivity contribution is 0.340. The molecule has 0 saturated carbocycles. The first kappa shape index (κ1) is 21.1. The SMILES string of the molecule is CCOc1ccc([Si](C)(C)C(CC)c2cccc(Oc3ccc(F)cc3)c2)cc1. The van der Waals surface area contributed by atoms with Gasteiger partial charge in [0.2, 0.25) is 0 Å². The minimum atomic E-state index is -1.78. The van der Waals surface area contributed by atoms with Gasteiger partial charge in [0.1, 0.15) is 23.1 Å². The van der Waals surface area contributed by atoms with Gasteiger partial charge >= 0.3 is 0 Å². The Balaban J connectivity index is 1.85. The lowest BCUT2D eigenvalue weighted by Gasteiger charge is -2.33. The summed E-state index contributed by atoms with van der Waals surface area (Å²) in [4.78, 5) is 0. The van der Waals surface area contributed by atoms with Crippen molar-refractivity contribution in [1.29, 1.82) is 0 Å². The molecule has 0 aliphatic carbocycles. The standard InChI is InChI=1S/C25H29FO2Si/c1-5-25(29(3,4)24-16-14-21(15-17-24)27-6-2)19-8-7-9-23(18-19)28-22-12-10-20(26)11-13-22/h7-18,25H,5-6H2,1-4H3. The minimum absolute atomic E-state index is 0.264. The summed E-state index contributed by atoms with van der Waals surface area (Å²) in [5, 5.41) is 1.41. The van der Waals surface area contributed by atoms with E-state index >= 15 is 0 Å². The Morgan fingerprint density at radius 3 is 2.10 bits per heavy atom. The largest absolute Gasteiger partial charge is 0.494 e. The van der Waals surface area contributed by atoms with Crippen LogP contribution >= 0.6 is 0 Å². The van der Waals surface area contributed by atoms with Crippen LogP contribution in [0.5, 0.6) is 17.2 Å². The maximum absolute atomic E-state index is 13.1. The summed E-state index contributed by atoms with van der Waals surface area (Å²) in [5.74, 6) is 2.08. The van der Waals surface area contributed by atoms with Crippen LogP contribution in [0.3, 0.4) is 0 Å². The lowest BCUT2D eigenvalue weighted by atomic mass is 10.1. The average molecular weight is 409 g/mol. The molecule has 0 saturated heterocycles. The average Bonchev–Trinajstić information content (AvgIpc) is 2.71. The monoisotopic (exact) mass is 408 g/mol. The van der Waals surface area contributed by atoms with Crippen molar-refractivity contribution in [2.75, 3.05) is 6.61 Å². The van der Waals surface area contributed by atoms with E-state index in [1.807, 2.05) is 19.1 Å². The summed E-state index contributed by atoms with van der Waals surface area (Å²) < 4.78 is 24.7. The van der Waals surface area contributed by atoms with Crippen molar-refractivity contribution in [3.63, 3.8) is 0 Å². The van der Waals surface area contributed by atoms with Gasteiger partial charge in [0.25, 0.3) is 0 Å². The van der Waals surface area contributed by atoms with Crippen LogP contribution in [0.15, 0.2) is 72.8 Å². The smallest absolute Gasteiger partial charge is 0.127 e. The van der Waals surface area contributed by atoms with Gasteiger partial charge in [-0.1, -0.05) is 55.9 Å². The molecular weight excluding hydrogens is 379 g/mol. The van der Waals surface area contributed by atoms with Crippen LogP contribution in [0.4, 0.5) is 4.39 Å². The number of halogens is 1. The molecule has 0 aromatic heterocycles. The maximum Gasteiger partial charge on any atom is 0.127 e. The van der Waals surface area contributed by atoms with Crippen LogP contribution in [0.25, 0.3) is 0 Å². The summed E-state index contributed by atoms with van der Waals surface area (Å²) in [6.45, 7) is 9.77. The van der Waals surface area contributed by atoms with Gasteiger partial charge in [-0.05, 0) is 66.6 Å². The molecule has 0 fully saturated rings. The molecule has 0 amide bonds. The van der Waals surface area contributed by atoms with Crippen molar-refractivity contribution in [2.24, 2.45) is 0 Å². The highest BCUT2D eigenvalue weighted by Crippen LogP contribution is 2.33. The maximum atomic E-state index is 13.1. The first-order chi connectivity index (χ1) is 13.9. The fourth-order valence-corrected chi connectivity index (χ4v) is 7.41. The highest BCUT2D eigenvalue weighted by Gasteiger charge is 2.33. The number of benzene rings is 3. The van der Waals surface area contributed by atoms with E-state index in [1.165, 1.54) is 22.9 Å². The van der Waals surface area contributed by atoms with Crippen LogP contribution in [0.2, 0.25) is 13.1 Å². The molecule has 0 N–H and O–H groups in total. The van der Waals surface area contributed by atoms with Gasteiger partial charge in [0.05, 0.1) is 14.7 Å². The van der Waals surface area contributed by atoms with E-state index in [-0.39, 0.29) is 5.82 Å². The second-order valence-electron chi connectivity index (χ2n) is 7.77. The van der Waals surface area contributed by atoms with Crippen molar-refractivity contribution in [1.82, 2.24) is 0 Å². The first-order valence-electron chi connectivity index (χ1n) is 10.2. The number of hydrogen-bond acceptors (Lipinski definition) is 2. The molecule has 3 aromatic carbocycles. The second-order valence-corrected chi connectivity index (χ2v) is 12.5. The zero-order chi connectivity index (χ0) is 20.9. The van der Waals surface area contributed by atoms with E-state index in [2.05, 4.69) is 56.4 Å². The molecule has 4 heteroatoms. The van der Waals surface area contributed by atoms with E-state index in [0.717, 1.165) is 17.9 Å². The van der Waals surface area contributed by atoms with E-state index in [9.17, 15) is 4.39 Å². The van der Waals surface area contributed by atoms with Crippen molar-refractivity contribution in [2.45, 2.75) is 38.9 Å². The third-order valence-electron chi connectivity index (χ3n) is 5.50. The number of hydrogen-bond donors (Lipinski definition) is 0. The van der Waals surface area contributed by atoms with E-state index < -0.39 is 8.07 Å². The molecule has 152 valence electrons. The molecular formula is C25H29FO2Si. The summed E-state index contributed by atoms with van der Waals surface area (Å²) >= 11 is 0. The highest BCUT2D eigenvalue weighted by molar-refractivity contribution is 6.90. The van der Waals surface area contributed by atoms with Gasteiger partial charge in [0, 0.05) is 0 Å². The van der Waals surface area contributed by atoms with E-state index in [1.54, 1.807) is 12.1 Å². The minimum Gasteiger partial charge on any atom is -0.494 e. The predicted octanol–water partition coefficient (Wildman–Crippen LogP) is 6.67. The fraction of sp³-hybridized carbons (Fsp3) is 0.280. The Hall–Kier alpha value is -2.59. The van der Waals surface area contributed by atoms with Crippen molar-refractivity contribution in [3.05, 3.63) is 84.2 Å². The van der Waals surface area contributed by atoms with Crippen LogP contribution in [0, 0.1) is 5.82 Å². The number of rotatable bonds is 8. The normalized spacial score (nSPS) is 12.4. The van der Waals surface area contributed by atoms with Crippen LogP contribution < -0.4 is 14.7 Å². The molecule has 3 rings (SSSR count). The molecule has 3 aromatic rings. The molecule has 0 aliphatic rings. The van der Waals surface area contributed by atoms with Crippen molar-refractivity contribution >= 4 is 13.3 Å². The molecule has 1 unspecified atom stereocenters. The molecule has 0 aliphatic heterocycles. The molecule has 2 nitrogen and oxygen atoms in total. The van der Waals surface area contributed by atoms with Crippen LogP contribution in [-0.2, 0) is 0 Å². The van der Waals surface area contributed by atoms with E-state index in [4.69, 9.17) is 9.47 Å². The fourth-order valence-electron chi connectivity index (χ4n) is 3.94. The molecule has 29 heavy (non-hydrogen) atoms. The molecule has 0 bridgehead atoms. The molecule has 0 radical (unpaired) electrons. The van der Waals surface area contributed by atoms with Gasteiger partial charge in [0.15, 0.2) is 0 Å². The Morgan fingerprint density at radius 1 is 0.828 bits per heavy atom. The van der Waals surface area contributed by atoms with Gasteiger partial charge in [-0.3, -0.25) is 0 Å². The van der Waals surface area contributed by atoms with Gasteiger partial charge < -0.3 is 9.47 Å². The van der Waals surface area contributed by atoms with Gasteiger partial charge in [-0.25, -0.2) is 4.39 Å².